The average Bonchev–Trinajstić information content (AvgIpc) is 2.26. The molecule has 0 aromatic heterocycles. The van der Waals surface area contributed by atoms with Crippen molar-refractivity contribution in [2.24, 2.45) is 0 Å². The van der Waals surface area contributed by atoms with Crippen LogP contribution in [-0.4, -0.2) is 0 Å². The standard InChI is InChI=1S/C15H15ClIN/c1-10-5-11(2)7-12(6-10)9-18-15-4-3-13(16)8-14(15)17/h3-8,18H,9H2,1-2H3. The van der Waals surface area contributed by atoms with Crippen LogP contribution in [0.5, 0.6) is 0 Å². The molecule has 0 radical (unpaired) electrons. The van der Waals surface area contributed by atoms with Gasteiger partial charge in [-0.25, -0.2) is 0 Å². The number of hydrogen-bond acceptors (Lipinski definition) is 1. The van der Waals surface area contributed by atoms with Gasteiger partial charge in [-0.05, 0) is 60.2 Å². The Bertz CT molecular complexity index is 546. The van der Waals surface area contributed by atoms with Gasteiger partial charge in [0.05, 0.1) is 0 Å². The van der Waals surface area contributed by atoms with Gasteiger partial charge in [-0.15, -0.1) is 0 Å². The molecule has 3 heteroatoms. The summed E-state index contributed by atoms with van der Waals surface area (Å²) in [7, 11) is 0. The van der Waals surface area contributed by atoms with Crippen molar-refractivity contribution in [1.82, 2.24) is 0 Å². The first-order chi connectivity index (χ1) is 8.54. The zero-order valence-corrected chi connectivity index (χ0v) is 13.3. The van der Waals surface area contributed by atoms with Crippen LogP contribution in [0.25, 0.3) is 0 Å². The summed E-state index contributed by atoms with van der Waals surface area (Å²) < 4.78 is 1.14. The zero-order valence-electron chi connectivity index (χ0n) is 10.4. The highest BCUT2D eigenvalue weighted by Crippen LogP contribution is 2.23. The highest BCUT2D eigenvalue weighted by Gasteiger charge is 2.01. The van der Waals surface area contributed by atoms with Crippen LogP contribution in [0.1, 0.15) is 16.7 Å². The van der Waals surface area contributed by atoms with Crippen LogP contribution < -0.4 is 5.32 Å². The van der Waals surface area contributed by atoms with E-state index < -0.39 is 0 Å². The molecule has 2 aromatic rings. The van der Waals surface area contributed by atoms with Gasteiger partial charge in [-0.3, -0.25) is 0 Å². The van der Waals surface area contributed by atoms with Gasteiger partial charge in [-0.1, -0.05) is 40.9 Å². The van der Waals surface area contributed by atoms with E-state index >= 15 is 0 Å². The van der Waals surface area contributed by atoms with E-state index in [1.165, 1.54) is 16.7 Å². The lowest BCUT2D eigenvalue weighted by Gasteiger charge is -2.10. The molecule has 0 heterocycles. The van der Waals surface area contributed by atoms with Crippen LogP contribution in [0.4, 0.5) is 5.69 Å². The van der Waals surface area contributed by atoms with E-state index in [9.17, 15) is 0 Å². The van der Waals surface area contributed by atoms with Gasteiger partial charge >= 0.3 is 0 Å². The summed E-state index contributed by atoms with van der Waals surface area (Å²) in [6.07, 6.45) is 0. The molecule has 0 aliphatic carbocycles. The fourth-order valence-electron chi connectivity index (χ4n) is 2.00. The molecule has 94 valence electrons. The maximum Gasteiger partial charge on any atom is 0.0479 e. The maximum absolute atomic E-state index is 5.94. The Morgan fingerprint density at radius 3 is 2.33 bits per heavy atom. The first kappa shape index (κ1) is 13.7. The Kier molecular flexibility index (Phi) is 4.51. The Morgan fingerprint density at radius 1 is 1.06 bits per heavy atom. The summed E-state index contributed by atoms with van der Waals surface area (Å²) in [4.78, 5) is 0. The molecule has 1 N–H and O–H groups in total. The quantitative estimate of drug-likeness (QED) is 0.734. The third-order valence-corrected chi connectivity index (χ3v) is 3.82. The molecule has 1 nitrogen and oxygen atoms in total. The summed E-state index contributed by atoms with van der Waals surface area (Å²) in [6, 6.07) is 12.5. The Morgan fingerprint density at radius 2 is 1.72 bits per heavy atom. The van der Waals surface area contributed by atoms with E-state index in [0.717, 1.165) is 20.8 Å². The highest BCUT2D eigenvalue weighted by molar-refractivity contribution is 14.1. The van der Waals surface area contributed by atoms with Crippen LogP contribution >= 0.6 is 34.2 Å². The van der Waals surface area contributed by atoms with E-state index in [2.05, 4.69) is 60.0 Å². The van der Waals surface area contributed by atoms with Crippen LogP contribution in [0, 0.1) is 17.4 Å². The highest BCUT2D eigenvalue weighted by atomic mass is 127. The second kappa shape index (κ2) is 5.93. The topological polar surface area (TPSA) is 12.0 Å². The number of anilines is 1. The number of halogens is 2. The smallest absolute Gasteiger partial charge is 0.0479 e. The molecule has 0 atom stereocenters. The van der Waals surface area contributed by atoms with Crippen molar-refractivity contribution >= 4 is 39.9 Å². The molecule has 0 saturated heterocycles. The van der Waals surface area contributed by atoms with Gasteiger partial charge in [0.25, 0.3) is 0 Å². The summed E-state index contributed by atoms with van der Waals surface area (Å²) in [5.74, 6) is 0. The van der Waals surface area contributed by atoms with Crippen LogP contribution in [0.2, 0.25) is 5.02 Å². The lowest BCUT2D eigenvalue weighted by atomic mass is 10.1. The van der Waals surface area contributed by atoms with Gasteiger partial charge in [0.2, 0.25) is 0 Å². The molecule has 0 fully saturated rings. The van der Waals surface area contributed by atoms with E-state index in [1.54, 1.807) is 0 Å². The molecule has 0 bridgehead atoms. The first-order valence-electron chi connectivity index (χ1n) is 5.81. The molecule has 0 saturated carbocycles. The largest absolute Gasteiger partial charge is 0.380 e. The van der Waals surface area contributed by atoms with Gasteiger partial charge in [0.15, 0.2) is 0 Å². The normalized spacial score (nSPS) is 10.4. The molecule has 0 amide bonds. The number of nitrogens with one attached hydrogen (secondary N) is 1. The zero-order chi connectivity index (χ0) is 13.1. The minimum atomic E-state index is 0.774. The molecular weight excluding hydrogens is 357 g/mol. The molecular formula is C15H15ClIN. The van der Waals surface area contributed by atoms with Crippen molar-refractivity contribution in [2.45, 2.75) is 20.4 Å². The van der Waals surface area contributed by atoms with E-state index in [1.807, 2.05) is 18.2 Å². The van der Waals surface area contributed by atoms with Crippen LogP contribution in [0.3, 0.4) is 0 Å². The number of benzene rings is 2. The lowest BCUT2D eigenvalue weighted by molar-refractivity contribution is 1.13. The lowest BCUT2D eigenvalue weighted by Crippen LogP contribution is -2.01. The summed E-state index contributed by atoms with van der Waals surface area (Å²) in [6.45, 7) is 5.09. The minimum Gasteiger partial charge on any atom is -0.380 e. The van der Waals surface area contributed by atoms with Gasteiger partial charge in [0.1, 0.15) is 0 Å². The number of aryl methyl sites for hydroxylation is 2. The maximum atomic E-state index is 5.94. The predicted molar refractivity (Wildman–Crippen MR) is 87.4 cm³/mol. The van der Waals surface area contributed by atoms with Crippen molar-refractivity contribution in [1.29, 1.82) is 0 Å². The Labute approximate surface area is 127 Å². The minimum absolute atomic E-state index is 0.774. The molecule has 0 aliphatic heterocycles. The Hall–Kier alpha value is -0.740. The molecule has 0 aliphatic rings. The summed E-state index contributed by atoms with van der Waals surface area (Å²) in [5.41, 5.74) is 5.03. The Balaban J connectivity index is 2.11. The molecule has 2 aromatic carbocycles. The van der Waals surface area contributed by atoms with E-state index in [4.69, 9.17) is 11.6 Å². The van der Waals surface area contributed by atoms with Crippen molar-refractivity contribution < 1.29 is 0 Å². The van der Waals surface area contributed by atoms with Gasteiger partial charge in [0, 0.05) is 20.8 Å². The molecule has 18 heavy (non-hydrogen) atoms. The monoisotopic (exact) mass is 371 g/mol. The van der Waals surface area contributed by atoms with E-state index in [0.29, 0.717) is 0 Å². The molecule has 0 unspecified atom stereocenters. The van der Waals surface area contributed by atoms with Gasteiger partial charge < -0.3 is 5.32 Å². The second-order valence-electron chi connectivity index (χ2n) is 4.47. The van der Waals surface area contributed by atoms with E-state index in [-0.39, 0.29) is 0 Å². The SMILES string of the molecule is Cc1cc(C)cc(CNc2ccc(Cl)cc2I)c1. The number of rotatable bonds is 3. The summed E-state index contributed by atoms with van der Waals surface area (Å²) >= 11 is 8.24. The third-order valence-electron chi connectivity index (χ3n) is 2.70. The fraction of sp³-hybridized carbons (Fsp3) is 0.200. The average molecular weight is 372 g/mol. The number of hydrogen-bond donors (Lipinski definition) is 1. The van der Waals surface area contributed by atoms with Crippen molar-refractivity contribution in [3.05, 3.63) is 61.7 Å². The van der Waals surface area contributed by atoms with Crippen LogP contribution in [0.15, 0.2) is 36.4 Å². The van der Waals surface area contributed by atoms with Crippen molar-refractivity contribution in [3.8, 4) is 0 Å². The van der Waals surface area contributed by atoms with Gasteiger partial charge in [-0.2, -0.15) is 0 Å². The summed E-state index contributed by atoms with van der Waals surface area (Å²) in [5, 5.41) is 4.22. The predicted octanol–water partition coefficient (Wildman–Crippen LogP) is 5.17. The second-order valence-corrected chi connectivity index (χ2v) is 6.07. The molecule has 0 spiro atoms. The molecule has 2 rings (SSSR count). The third kappa shape index (κ3) is 3.62. The first-order valence-corrected chi connectivity index (χ1v) is 7.26. The van der Waals surface area contributed by atoms with Crippen molar-refractivity contribution in [3.63, 3.8) is 0 Å². The van der Waals surface area contributed by atoms with Crippen LogP contribution in [-0.2, 0) is 6.54 Å². The van der Waals surface area contributed by atoms with Crippen molar-refractivity contribution in [2.75, 3.05) is 5.32 Å². The fourth-order valence-corrected chi connectivity index (χ4v) is 3.06.